The van der Waals surface area contributed by atoms with Crippen molar-refractivity contribution < 1.29 is 23.8 Å². The molecule has 0 spiro atoms. The van der Waals surface area contributed by atoms with Gasteiger partial charge in [0.25, 0.3) is 0 Å². The van der Waals surface area contributed by atoms with Gasteiger partial charge in [-0.2, -0.15) is 4.73 Å². The van der Waals surface area contributed by atoms with Gasteiger partial charge in [-0.25, -0.2) is 9.78 Å². The fraction of sp³-hybridized carbons (Fsp3) is 0.375. The standard InChI is InChI=1S/C16H16Cl2N2O5/c1-8(2)4-14(21)25-7-12-15(16(22)24-3)20(23)13-6-10(18)9(17)5-11(13)19-12/h5-6,8H,4,7H2,1-3H3. The molecule has 0 radical (unpaired) electrons. The first-order valence-corrected chi connectivity index (χ1v) is 8.15. The first kappa shape index (κ1) is 19.2. The summed E-state index contributed by atoms with van der Waals surface area (Å²) >= 11 is 11.9. The number of benzene rings is 1. The van der Waals surface area contributed by atoms with Crippen molar-refractivity contribution >= 4 is 46.2 Å². The number of halogens is 2. The van der Waals surface area contributed by atoms with Crippen molar-refractivity contribution in [3.63, 3.8) is 0 Å². The van der Waals surface area contributed by atoms with Crippen LogP contribution in [0.4, 0.5) is 0 Å². The Hall–Kier alpha value is -2.12. The van der Waals surface area contributed by atoms with Crippen LogP contribution < -0.4 is 4.73 Å². The third kappa shape index (κ3) is 4.29. The molecule has 0 bridgehead atoms. The number of hydrogen-bond donors (Lipinski definition) is 0. The second kappa shape index (κ2) is 7.84. The summed E-state index contributed by atoms with van der Waals surface area (Å²) in [6.07, 6.45) is 0.208. The number of methoxy groups -OCH3 is 1. The van der Waals surface area contributed by atoms with Crippen LogP contribution >= 0.6 is 23.2 Å². The van der Waals surface area contributed by atoms with Gasteiger partial charge in [-0.3, -0.25) is 4.79 Å². The molecule has 0 unspecified atom stereocenters. The smallest absolute Gasteiger partial charge is 0.406 e. The SMILES string of the molecule is COC(=O)c1c(COC(=O)CC(C)C)nc2cc(Cl)c(Cl)cc2[n+]1[O-]. The molecule has 0 saturated heterocycles. The van der Waals surface area contributed by atoms with E-state index in [-0.39, 0.29) is 51.4 Å². The van der Waals surface area contributed by atoms with Crippen molar-refractivity contribution in [2.24, 2.45) is 5.92 Å². The van der Waals surface area contributed by atoms with Crippen LogP contribution in [0.3, 0.4) is 0 Å². The largest absolute Gasteiger partial charge is 0.618 e. The minimum atomic E-state index is -0.898. The molecule has 7 nitrogen and oxygen atoms in total. The minimum Gasteiger partial charge on any atom is -0.618 e. The molecule has 0 saturated carbocycles. The molecule has 0 aliphatic heterocycles. The molecule has 0 amide bonds. The lowest BCUT2D eigenvalue weighted by Gasteiger charge is -2.12. The lowest BCUT2D eigenvalue weighted by Crippen LogP contribution is -2.38. The second-order valence-electron chi connectivity index (χ2n) is 5.71. The summed E-state index contributed by atoms with van der Waals surface area (Å²) in [6.45, 7) is 3.40. The summed E-state index contributed by atoms with van der Waals surface area (Å²) in [5, 5.41) is 12.9. The summed E-state index contributed by atoms with van der Waals surface area (Å²) in [5.41, 5.74) is -0.130. The summed E-state index contributed by atoms with van der Waals surface area (Å²) in [7, 11) is 1.13. The summed E-state index contributed by atoms with van der Waals surface area (Å²) in [6, 6.07) is 2.70. The topological polar surface area (TPSA) is 92.4 Å². The number of esters is 2. The lowest BCUT2D eigenvalue weighted by molar-refractivity contribution is -0.581. The second-order valence-corrected chi connectivity index (χ2v) is 6.52. The fourth-order valence-corrected chi connectivity index (χ4v) is 2.47. The minimum absolute atomic E-state index is 0.0233. The molecule has 0 aliphatic rings. The normalized spacial score (nSPS) is 11.0. The van der Waals surface area contributed by atoms with E-state index in [1.165, 1.54) is 12.1 Å². The molecule has 0 atom stereocenters. The Morgan fingerprint density at radius 1 is 1.28 bits per heavy atom. The molecule has 1 aromatic carbocycles. The zero-order chi connectivity index (χ0) is 18.7. The van der Waals surface area contributed by atoms with Crippen LogP contribution in [0, 0.1) is 11.1 Å². The van der Waals surface area contributed by atoms with Crippen LogP contribution in [0.1, 0.15) is 36.5 Å². The van der Waals surface area contributed by atoms with E-state index in [9.17, 15) is 14.8 Å². The summed E-state index contributed by atoms with van der Waals surface area (Å²) in [4.78, 5) is 27.9. The van der Waals surface area contributed by atoms with E-state index in [0.29, 0.717) is 4.73 Å². The van der Waals surface area contributed by atoms with Crippen LogP contribution in [0.25, 0.3) is 11.0 Å². The molecule has 25 heavy (non-hydrogen) atoms. The molecule has 0 fully saturated rings. The van der Waals surface area contributed by atoms with Gasteiger partial charge in [0.05, 0.1) is 17.2 Å². The van der Waals surface area contributed by atoms with Gasteiger partial charge >= 0.3 is 17.6 Å². The number of nitrogens with zero attached hydrogens (tertiary/aromatic N) is 2. The van der Waals surface area contributed by atoms with Gasteiger partial charge in [0.2, 0.25) is 5.52 Å². The Bertz CT molecular complexity index is 839. The highest BCUT2D eigenvalue weighted by molar-refractivity contribution is 6.42. The molecule has 1 heterocycles. The maximum Gasteiger partial charge on any atom is 0.406 e. The lowest BCUT2D eigenvalue weighted by atomic mass is 10.1. The van der Waals surface area contributed by atoms with Crippen LogP contribution in [0.5, 0.6) is 0 Å². The Morgan fingerprint density at radius 2 is 1.92 bits per heavy atom. The van der Waals surface area contributed by atoms with E-state index in [1.54, 1.807) is 0 Å². The molecule has 2 aromatic rings. The van der Waals surface area contributed by atoms with Crippen molar-refractivity contribution in [3.8, 4) is 0 Å². The Labute approximate surface area is 154 Å². The molecule has 0 N–H and O–H groups in total. The zero-order valence-electron chi connectivity index (χ0n) is 13.8. The first-order valence-electron chi connectivity index (χ1n) is 7.39. The molecular weight excluding hydrogens is 371 g/mol. The molecule has 2 rings (SSSR count). The predicted molar refractivity (Wildman–Crippen MR) is 91.3 cm³/mol. The van der Waals surface area contributed by atoms with Gasteiger partial charge in [-0.1, -0.05) is 37.0 Å². The van der Waals surface area contributed by atoms with E-state index < -0.39 is 11.9 Å². The van der Waals surface area contributed by atoms with Gasteiger partial charge in [0.1, 0.15) is 12.1 Å². The average Bonchev–Trinajstić information content (AvgIpc) is 2.53. The molecule has 1 aromatic heterocycles. The van der Waals surface area contributed by atoms with E-state index >= 15 is 0 Å². The van der Waals surface area contributed by atoms with Crippen molar-refractivity contribution in [2.45, 2.75) is 26.9 Å². The number of carbonyl (C=O) groups is 2. The number of ether oxygens (including phenoxy) is 2. The third-order valence-electron chi connectivity index (χ3n) is 3.29. The van der Waals surface area contributed by atoms with Crippen LogP contribution in [0.2, 0.25) is 10.0 Å². The van der Waals surface area contributed by atoms with Crippen molar-refractivity contribution in [1.29, 1.82) is 0 Å². The Balaban J connectivity index is 2.51. The highest BCUT2D eigenvalue weighted by atomic mass is 35.5. The number of carbonyl (C=O) groups excluding carboxylic acids is 2. The van der Waals surface area contributed by atoms with Gasteiger partial charge in [0, 0.05) is 12.5 Å². The van der Waals surface area contributed by atoms with Crippen molar-refractivity contribution in [2.75, 3.05) is 7.11 Å². The van der Waals surface area contributed by atoms with E-state index in [2.05, 4.69) is 9.72 Å². The van der Waals surface area contributed by atoms with Gasteiger partial charge < -0.3 is 14.7 Å². The average molecular weight is 387 g/mol. The van der Waals surface area contributed by atoms with E-state index in [4.69, 9.17) is 27.9 Å². The summed E-state index contributed by atoms with van der Waals surface area (Å²) in [5.74, 6) is -1.24. The van der Waals surface area contributed by atoms with Crippen LogP contribution in [-0.2, 0) is 20.9 Å². The number of rotatable bonds is 5. The highest BCUT2D eigenvalue weighted by Gasteiger charge is 2.28. The van der Waals surface area contributed by atoms with E-state index in [1.807, 2.05) is 13.8 Å². The maximum atomic E-state index is 12.6. The first-order chi connectivity index (χ1) is 11.7. The third-order valence-corrected chi connectivity index (χ3v) is 4.01. The molecule has 9 heteroatoms. The number of hydrogen-bond acceptors (Lipinski definition) is 6. The van der Waals surface area contributed by atoms with Gasteiger partial charge in [-0.15, -0.1) is 0 Å². The number of aromatic nitrogens is 2. The molecule has 134 valence electrons. The Morgan fingerprint density at radius 3 is 2.52 bits per heavy atom. The zero-order valence-corrected chi connectivity index (χ0v) is 15.3. The van der Waals surface area contributed by atoms with Gasteiger partial charge in [-0.05, 0) is 12.0 Å². The van der Waals surface area contributed by atoms with E-state index in [0.717, 1.165) is 7.11 Å². The van der Waals surface area contributed by atoms with Crippen LogP contribution in [0.15, 0.2) is 12.1 Å². The van der Waals surface area contributed by atoms with Crippen LogP contribution in [-0.4, -0.2) is 24.0 Å². The van der Waals surface area contributed by atoms with Crippen molar-refractivity contribution in [3.05, 3.63) is 38.8 Å². The quantitative estimate of drug-likeness (QED) is 0.445. The molecular formula is C16H16Cl2N2O5. The summed E-state index contributed by atoms with van der Waals surface area (Å²) < 4.78 is 10.1. The monoisotopic (exact) mass is 386 g/mol. The maximum absolute atomic E-state index is 12.6. The predicted octanol–water partition coefficient (Wildman–Crippen LogP) is 3.05. The fourth-order valence-electron chi connectivity index (χ4n) is 2.15. The number of fused-ring (bicyclic) bond motifs is 1. The highest BCUT2D eigenvalue weighted by Crippen LogP contribution is 2.26. The Kier molecular flexibility index (Phi) is 6.02. The molecule has 0 aliphatic carbocycles. The van der Waals surface area contributed by atoms with Crippen molar-refractivity contribution in [1.82, 2.24) is 4.98 Å². The van der Waals surface area contributed by atoms with Gasteiger partial charge in [0.15, 0.2) is 5.69 Å².